The molecule has 0 radical (unpaired) electrons. The van der Waals surface area contributed by atoms with E-state index >= 15 is 0 Å². The predicted molar refractivity (Wildman–Crippen MR) is 85.9 cm³/mol. The van der Waals surface area contributed by atoms with Crippen molar-refractivity contribution in [2.75, 3.05) is 26.2 Å². The monoisotopic (exact) mass is 319 g/mol. The average molecular weight is 319 g/mol. The van der Waals surface area contributed by atoms with Gasteiger partial charge in [-0.1, -0.05) is 6.92 Å². The van der Waals surface area contributed by atoms with Gasteiger partial charge in [0.05, 0.1) is 18.1 Å². The van der Waals surface area contributed by atoms with E-state index in [-0.39, 0.29) is 23.6 Å². The zero-order valence-corrected chi connectivity index (χ0v) is 14.3. The first-order chi connectivity index (χ1) is 11.1. The lowest BCUT2D eigenvalue weighted by Gasteiger charge is -2.51. The maximum absolute atomic E-state index is 12.5. The quantitative estimate of drug-likeness (QED) is 0.579. The number of carbonyl (C=O) groups is 1. The lowest BCUT2D eigenvalue weighted by molar-refractivity contribution is -0.147. The van der Waals surface area contributed by atoms with Gasteiger partial charge in [-0.2, -0.15) is 0 Å². The largest absolute Gasteiger partial charge is 0.462 e. The van der Waals surface area contributed by atoms with Gasteiger partial charge < -0.3 is 14.4 Å². The van der Waals surface area contributed by atoms with Gasteiger partial charge in [0.15, 0.2) is 0 Å². The summed E-state index contributed by atoms with van der Waals surface area (Å²) in [5.74, 6) is 1.27. The van der Waals surface area contributed by atoms with Gasteiger partial charge in [0.2, 0.25) is 0 Å². The molecule has 1 spiro atoms. The van der Waals surface area contributed by atoms with E-state index in [1.54, 1.807) is 0 Å². The molecule has 0 aromatic heterocycles. The highest BCUT2D eigenvalue weighted by molar-refractivity contribution is 5.75. The van der Waals surface area contributed by atoms with Crippen LogP contribution in [-0.4, -0.2) is 48.8 Å². The lowest BCUT2D eigenvalue weighted by atomic mass is 9.53. The number of ether oxygens (including phenoxy) is 2. The van der Waals surface area contributed by atoms with Crippen molar-refractivity contribution in [3.8, 4) is 0 Å². The number of carbonyl (C=O) groups excluding carboxylic acids is 1. The normalized spacial score (nSPS) is 52.3. The maximum Gasteiger partial charge on any atom is 0.310 e. The molecule has 5 rings (SSSR count). The fraction of sp³-hybridized carbons (Fsp3) is 0.947. The van der Waals surface area contributed by atoms with Crippen LogP contribution in [0.25, 0.3) is 0 Å². The molecule has 3 aliphatic heterocycles. The number of rotatable bonds is 2. The van der Waals surface area contributed by atoms with E-state index in [2.05, 4.69) is 11.8 Å². The fourth-order valence-corrected chi connectivity index (χ4v) is 6.41. The molecule has 5 aliphatic rings. The van der Waals surface area contributed by atoms with E-state index in [4.69, 9.17) is 9.47 Å². The summed E-state index contributed by atoms with van der Waals surface area (Å²) in [6.45, 7) is 6.64. The third-order valence-corrected chi connectivity index (χ3v) is 7.73. The van der Waals surface area contributed by atoms with E-state index < -0.39 is 0 Å². The second kappa shape index (κ2) is 4.95. The van der Waals surface area contributed by atoms with Gasteiger partial charge in [-0.15, -0.1) is 0 Å². The van der Waals surface area contributed by atoms with Gasteiger partial charge in [-0.25, -0.2) is 0 Å². The van der Waals surface area contributed by atoms with Crippen molar-refractivity contribution < 1.29 is 14.3 Å². The number of hydrogen-bond donors (Lipinski definition) is 0. The number of esters is 1. The highest BCUT2D eigenvalue weighted by Gasteiger charge is 2.65. The van der Waals surface area contributed by atoms with Gasteiger partial charge in [0.25, 0.3) is 0 Å². The van der Waals surface area contributed by atoms with E-state index in [1.165, 1.54) is 32.1 Å². The van der Waals surface area contributed by atoms with Crippen LogP contribution in [0.1, 0.15) is 51.9 Å². The number of nitrogens with zero attached hydrogens (tertiary/aromatic N) is 1. The number of fused-ring (bicyclic) bond motifs is 3. The highest BCUT2D eigenvalue weighted by atomic mass is 16.6. The van der Waals surface area contributed by atoms with Crippen LogP contribution in [0, 0.1) is 23.2 Å². The minimum Gasteiger partial charge on any atom is -0.462 e. The van der Waals surface area contributed by atoms with Crippen LogP contribution in [0.5, 0.6) is 0 Å². The number of likely N-dealkylation sites (tertiary alicyclic amines) is 1. The summed E-state index contributed by atoms with van der Waals surface area (Å²) in [4.78, 5) is 15.0. The van der Waals surface area contributed by atoms with Crippen molar-refractivity contribution in [1.82, 2.24) is 4.90 Å². The maximum atomic E-state index is 12.5. The first kappa shape index (κ1) is 14.7. The average Bonchev–Trinajstić information content (AvgIpc) is 2.97. The predicted octanol–water partition coefficient (Wildman–Crippen LogP) is 2.61. The fourth-order valence-electron chi connectivity index (χ4n) is 6.41. The van der Waals surface area contributed by atoms with Gasteiger partial charge in [-0.3, -0.25) is 4.79 Å². The molecule has 0 bridgehead atoms. The molecule has 4 heteroatoms. The molecular formula is C19H29NO3. The molecule has 0 aromatic rings. The molecule has 3 heterocycles. The van der Waals surface area contributed by atoms with Crippen LogP contribution in [0.2, 0.25) is 0 Å². The lowest BCUT2D eigenvalue weighted by Crippen LogP contribution is -2.51. The third kappa shape index (κ3) is 2.21. The first-order valence-corrected chi connectivity index (χ1v) is 9.67. The molecule has 5 fully saturated rings. The summed E-state index contributed by atoms with van der Waals surface area (Å²) in [6, 6.07) is 0. The topological polar surface area (TPSA) is 42.1 Å². The third-order valence-electron chi connectivity index (χ3n) is 7.73. The van der Waals surface area contributed by atoms with Crippen LogP contribution in [-0.2, 0) is 14.3 Å². The van der Waals surface area contributed by atoms with Crippen LogP contribution >= 0.6 is 0 Å². The first-order valence-electron chi connectivity index (χ1n) is 9.67. The minimum atomic E-state index is 0.0833. The van der Waals surface area contributed by atoms with Gasteiger partial charge in [-0.05, 0) is 69.4 Å². The number of hydrogen-bond acceptors (Lipinski definition) is 4. The summed E-state index contributed by atoms with van der Waals surface area (Å²) in [6.07, 6.45) is 8.74. The zero-order valence-electron chi connectivity index (χ0n) is 14.3. The summed E-state index contributed by atoms with van der Waals surface area (Å²) in [7, 11) is 0. The summed E-state index contributed by atoms with van der Waals surface area (Å²) >= 11 is 0. The Balaban J connectivity index is 1.38. The zero-order chi connectivity index (χ0) is 15.7. The highest BCUT2D eigenvalue weighted by Crippen LogP contribution is 2.62. The summed E-state index contributed by atoms with van der Waals surface area (Å²) in [5, 5.41) is 0. The molecule has 6 atom stereocenters. The van der Waals surface area contributed by atoms with E-state index in [9.17, 15) is 4.79 Å². The van der Waals surface area contributed by atoms with Crippen LogP contribution in [0.4, 0.5) is 0 Å². The Kier molecular flexibility index (Phi) is 3.17. The SMILES string of the molecule is C[C@]12CCCC3(CO3)C1C[C@@H]1C(CN3CCCC3)C(=O)O[C@@H]1C2. The van der Waals surface area contributed by atoms with Crippen molar-refractivity contribution in [3.63, 3.8) is 0 Å². The Morgan fingerprint density at radius 1 is 1.22 bits per heavy atom. The van der Waals surface area contributed by atoms with E-state index in [1.807, 2.05) is 0 Å². The van der Waals surface area contributed by atoms with Crippen molar-refractivity contribution in [3.05, 3.63) is 0 Å². The second-order valence-electron chi connectivity index (χ2n) is 9.11. The standard InChI is InChI=1S/C19H29NO3/c1-18-5-4-6-19(12-22-19)16(18)9-13-14(11-20-7-2-3-8-20)17(21)23-15(13)10-18/h13-16H,2-12H2,1H3/t13-,14?,15-,16?,18-,19?/m1/s1. The molecule has 0 N–H and O–H groups in total. The summed E-state index contributed by atoms with van der Waals surface area (Å²) in [5.41, 5.74) is 0.487. The van der Waals surface area contributed by atoms with Gasteiger partial charge in [0, 0.05) is 12.5 Å². The molecule has 3 saturated heterocycles. The smallest absolute Gasteiger partial charge is 0.310 e. The molecule has 0 aromatic carbocycles. The Bertz CT molecular complexity index is 511. The van der Waals surface area contributed by atoms with Crippen molar-refractivity contribution >= 4 is 5.97 Å². The Hall–Kier alpha value is -0.610. The molecule has 4 nitrogen and oxygen atoms in total. The molecular weight excluding hydrogens is 290 g/mol. The molecule has 3 unspecified atom stereocenters. The molecule has 0 amide bonds. The van der Waals surface area contributed by atoms with Crippen molar-refractivity contribution in [2.45, 2.75) is 63.6 Å². The molecule has 2 saturated carbocycles. The van der Waals surface area contributed by atoms with Crippen LogP contribution in [0.15, 0.2) is 0 Å². The van der Waals surface area contributed by atoms with Gasteiger partial charge in [0.1, 0.15) is 6.10 Å². The Labute approximate surface area is 138 Å². The van der Waals surface area contributed by atoms with E-state index in [0.29, 0.717) is 17.3 Å². The number of epoxide rings is 1. The second-order valence-corrected chi connectivity index (χ2v) is 9.11. The van der Waals surface area contributed by atoms with Crippen molar-refractivity contribution in [1.29, 1.82) is 0 Å². The molecule has 128 valence electrons. The molecule has 23 heavy (non-hydrogen) atoms. The van der Waals surface area contributed by atoms with E-state index in [0.717, 1.165) is 39.1 Å². The van der Waals surface area contributed by atoms with Crippen LogP contribution < -0.4 is 0 Å². The molecule has 2 aliphatic carbocycles. The van der Waals surface area contributed by atoms with Crippen LogP contribution in [0.3, 0.4) is 0 Å². The Morgan fingerprint density at radius 2 is 2.00 bits per heavy atom. The Morgan fingerprint density at radius 3 is 2.74 bits per heavy atom. The van der Waals surface area contributed by atoms with Crippen molar-refractivity contribution in [2.24, 2.45) is 23.2 Å². The summed E-state index contributed by atoms with van der Waals surface area (Å²) < 4.78 is 11.9. The van der Waals surface area contributed by atoms with Gasteiger partial charge >= 0.3 is 5.97 Å². The minimum absolute atomic E-state index is 0.0833.